The van der Waals surface area contributed by atoms with E-state index in [1.807, 2.05) is 5.38 Å². The molecule has 0 aliphatic rings. The number of nitrogens with zero attached hydrogens (tertiary/aromatic N) is 1. The Morgan fingerprint density at radius 3 is 3.12 bits per heavy atom. The molecule has 0 saturated heterocycles. The van der Waals surface area contributed by atoms with Crippen molar-refractivity contribution in [2.45, 2.75) is 13.5 Å². The van der Waals surface area contributed by atoms with Gasteiger partial charge in [0.25, 0.3) is 5.56 Å². The van der Waals surface area contributed by atoms with E-state index >= 15 is 0 Å². The molecule has 0 aliphatic carbocycles. The molecule has 0 fully saturated rings. The van der Waals surface area contributed by atoms with E-state index in [0.717, 1.165) is 4.83 Å². The van der Waals surface area contributed by atoms with E-state index in [1.165, 1.54) is 22.8 Å². The highest BCUT2D eigenvalue weighted by molar-refractivity contribution is 7.71. The number of amides is 1. The van der Waals surface area contributed by atoms with Crippen LogP contribution >= 0.6 is 23.6 Å². The highest BCUT2D eigenvalue weighted by Gasteiger charge is 2.06. The molecule has 0 unspecified atom stereocenters. The van der Waals surface area contributed by atoms with Crippen LogP contribution in [0.5, 0.6) is 0 Å². The van der Waals surface area contributed by atoms with E-state index in [4.69, 9.17) is 12.2 Å². The largest absolute Gasteiger partial charge is 0.355 e. The summed E-state index contributed by atoms with van der Waals surface area (Å²) in [5.41, 5.74) is -0.115. The van der Waals surface area contributed by atoms with Gasteiger partial charge in [0, 0.05) is 20.0 Å². The molecule has 0 radical (unpaired) electrons. The number of thiophene rings is 1. The predicted molar refractivity (Wildman–Crippen MR) is 70.0 cm³/mol. The summed E-state index contributed by atoms with van der Waals surface area (Å²) in [7, 11) is 0. The Kier molecular flexibility index (Phi) is 3.39. The summed E-state index contributed by atoms with van der Waals surface area (Å²) < 4.78 is 1.84. The molecule has 0 saturated carbocycles. The van der Waals surface area contributed by atoms with E-state index in [1.54, 1.807) is 6.07 Å². The van der Waals surface area contributed by atoms with Crippen molar-refractivity contribution in [2.75, 3.05) is 6.54 Å². The van der Waals surface area contributed by atoms with Crippen LogP contribution < -0.4 is 10.9 Å². The Balaban J connectivity index is 2.36. The molecule has 2 aromatic rings. The molecule has 0 aliphatic heterocycles. The number of aromatic nitrogens is 2. The molecular formula is C10H11N3O2S2. The van der Waals surface area contributed by atoms with Crippen molar-refractivity contribution in [3.63, 3.8) is 0 Å². The molecular weight excluding hydrogens is 258 g/mol. The molecule has 0 bridgehead atoms. The first-order chi connectivity index (χ1) is 8.09. The van der Waals surface area contributed by atoms with Gasteiger partial charge in [-0.3, -0.25) is 14.2 Å². The Labute approximate surface area is 106 Å². The van der Waals surface area contributed by atoms with Crippen LogP contribution in [0.1, 0.15) is 6.92 Å². The lowest BCUT2D eigenvalue weighted by Crippen LogP contribution is -2.30. The van der Waals surface area contributed by atoms with Crippen molar-refractivity contribution in [1.82, 2.24) is 14.9 Å². The van der Waals surface area contributed by atoms with E-state index in [-0.39, 0.29) is 11.5 Å². The first-order valence-electron chi connectivity index (χ1n) is 5.04. The summed E-state index contributed by atoms with van der Waals surface area (Å²) in [5.74, 6) is -0.121. The molecule has 5 nitrogen and oxygen atoms in total. The van der Waals surface area contributed by atoms with Gasteiger partial charge in [-0.15, -0.1) is 11.3 Å². The molecule has 7 heteroatoms. The van der Waals surface area contributed by atoms with Crippen molar-refractivity contribution in [2.24, 2.45) is 0 Å². The van der Waals surface area contributed by atoms with Gasteiger partial charge in [-0.1, -0.05) is 0 Å². The minimum atomic E-state index is -0.121. The normalized spacial score (nSPS) is 10.6. The highest BCUT2D eigenvalue weighted by Crippen LogP contribution is 2.13. The molecule has 0 aromatic carbocycles. The zero-order valence-corrected chi connectivity index (χ0v) is 10.8. The molecule has 1 amide bonds. The maximum atomic E-state index is 12.1. The zero-order valence-electron chi connectivity index (χ0n) is 9.15. The van der Waals surface area contributed by atoms with Gasteiger partial charge in [-0.2, -0.15) is 0 Å². The predicted octanol–water partition coefficient (Wildman–Crippen LogP) is 1.26. The maximum absolute atomic E-state index is 12.1. The number of carbonyl (C=O) groups is 1. The number of H-pyrrole nitrogens is 1. The van der Waals surface area contributed by atoms with Crippen molar-refractivity contribution >= 4 is 39.7 Å². The summed E-state index contributed by atoms with van der Waals surface area (Å²) in [4.78, 5) is 26.6. The SMILES string of the molecule is CC(=O)NCCn1c(=S)[nH]c2sccc2c1=O. The number of nitrogens with one attached hydrogen (secondary N) is 2. The van der Waals surface area contributed by atoms with Crippen LogP contribution in [-0.2, 0) is 11.3 Å². The van der Waals surface area contributed by atoms with Gasteiger partial charge >= 0.3 is 0 Å². The molecule has 90 valence electrons. The monoisotopic (exact) mass is 269 g/mol. The van der Waals surface area contributed by atoms with E-state index in [9.17, 15) is 9.59 Å². The van der Waals surface area contributed by atoms with E-state index in [2.05, 4.69) is 10.3 Å². The second-order valence-electron chi connectivity index (χ2n) is 3.53. The van der Waals surface area contributed by atoms with Crippen molar-refractivity contribution in [3.8, 4) is 0 Å². The fraction of sp³-hybridized carbons (Fsp3) is 0.300. The third-order valence-electron chi connectivity index (χ3n) is 2.32. The van der Waals surface area contributed by atoms with Gasteiger partial charge in [-0.05, 0) is 23.7 Å². The van der Waals surface area contributed by atoms with Crippen LogP contribution in [0, 0.1) is 4.77 Å². The second-order valence-corrected chi connectivity index (χ2v) is 4.84. The Hall–Kier alpha value is -1.47. The molecule has 2 aromatic heterocycles. The first kappa shape index (κ1) is 12.0. The molecule has 2 rings (SSSR count). The van der Waals surface area contributed by atoms with Crippen LogP contribution in [0.15, 0.2) is 16.2 Å². The van der Waals surface area contributed by atoms with Crippen LogP contribution in [0.2, 0.25) is 0 Å². The third-order valence-corrected chi connectivity index (χ3v) is 3.47. The Bertz CT molecular complexity index is 668. The van der Waals surface area contributed by atoms with Gasteiger partial charge in [-0.25, -0.2) is 0 Å². The van der Waals surface area contributed by atoms with Crippen LogP contribution in [0.3, 0.4) is 0 Å². The van der Waals surface area contributed by atoms with Crippen LogP contribution in [0.4, 0.5) is 0 Å². The van der Waals surface area contributed by atoms with Gasteiger partial charge in [0.2, 0.25) is 5.91 Å². The Morgan fingerprint density at radius 1 is 1.65 bits per heavy atom. The summed E-state index contributed by atoms with van der Waals surface area (Å²) >= 11 is 6.56. The lowest BCUT2D eigenvalue weighted by molar-refractivity contribution is -0.118. The maximum Gasteiger partial charge on any atom is 0.263 e. The quantitative estimate of drug-likeness (QED) is 0.824. The molecule has 2 heterocycles. The van der Waals surface area contributed by atoms with E-state index < -0.39 is 0 Å². The van der Waals surface area contributed by atoms with E-state index in [0.29, 0.717) is 23.2 Å². The standard InChI is InChI=1S/C10H11N3O2S2/c1-6(14)11-3-4-13-9(15)7-2-5-17-8(7)12-10(13)16/h2,5H,3-4H2,1H3,(H,11,14)(H,12,16). The number of aromatic amines is 1. The zero-order chi connectivity index (χ0) is 12.4. The fourth-order valence-electron chi connectivity index (χ4n) is 1.52. The molecule has 0 spiro atoms. The second kappa shape index (κ2) is 4.80. The summed E-state index contributed by atoms with van der Waals surface area (Å²) in [6.07, 6.45) is 0. The van der Waals surface area contributed by atoms with Gasteiger partial charge in [0.05, 0.1) is 5.39 Å². The van der Waals surface area contributed by atoms with Crippen molar-refractivity contribution in [3.05, 3.63) is 26.6 Å². The number of carbonyl (C=O) groups excluding carboxylic acids is 1. The number of hydrogen-bond donors (Lipinski definition) is 2. The highest BCUT2D eigenvalue weighted by atomic mass is 32.1. The minimum absolute atomic E-state index is 0.115. The lowest BCUT2D eigenvalue weighted by atomic mass is 10.4. The fourth-order valence-corrected chi connectivity index (χ4v) is 2.64. The Morgan fingerprint density at radius 2 is 2.41 bits per heavy atom. The van der Waals surface area contributed by atoms with Crippen molar-refractivity contribution < 1.29 is 4.79 Å². The lowest BCUT2D eigenvalue weighted by Gasteiger charge is -2.06. The first-order valence-corrected chi connectivity index (χ1v) is 6.33. The topological polar surface area (TPSA) is 66.9 Å². The van der Waals surface area contributed by atoms with Crippen molar-refractivity contribution in [1.29, 1.82) is 0 Å². The van der Waals surface area contributed by atoms with Gasteiger partial charge < -0.3 is 10.3 Å². The van der Waals surface area contributed by atoms with Crippen LogP contribution in [0.25, 0.3) is 10.2 Å². The third kappa shape index (κ3) is 2.45. The number of rotatable bonds is 3. The summed E-state index contributed by atoms with van der Waals surface area (Å²) in [5, 5.41) is 5.11. The van der Waals surface area contributed by atoms with Gasteiger partial charge in [0.1, 0.15) is 4.83 Å². The minimum Gasteiger partial charge on any atom is -0.355 e. The summed E-state index contributed by atoms with van der Waals surface area (Å²) in [6, 6.07) is 1.77. The number of fused-ring (bicyclic) bond motifs is 1. The summed E-state index contributed by atoms with van der Waals surface area (Å²) in [6.45, 7) is 2.20. The van der Waals surface area contributed by atoms with Gasteiger partial charge in [0.15, 0.2) is 4.77 Å². The molecule has 17 heavy (non-hydrogen) atoms. The number of hydrogen-bond acceptors (Lipinski definition) is 4. The smallest absolute Gasteiger partial charge is 0.263 e. The molecule has 2 N–H and O–H groups in total. The average Bonchev–Trinajstić information content (AvgIpc) is 2.70. The molecule has 0 atom stereocenters. The average molecular weight is 269 g/mol. The van der Waals surface area contributed by atoms with Crippen LogP contribution in [-0.4, -0.2) is 22.0 Å².